The standard InChI is InChI=1S/C11H12N4O2S/c1-7-6-18-11(13-7)5-12-10-4-3-9(15(16)17)8(2)14-10/h3-4,6H,5H2,1-2H3,(H,12,14). The molecule has 0 aliphatic carbocycles. The highest BCUT2D eigenvalue weighted by atomic mass is 32.1. The Morgan fingerprint density at radius 2 is 2.17 bits per heavy atom. The van der Waals surface area contributed by atoms with E-state index in [4.69, 9.17) is 0 Å². The first kappa shape index (κ1) is 12.4. The molecule has 2 heterocycles. The lowest BCUT2D eigenvalue weighted by molar-refractivity contribution is -0.385. The zero-order chi connectivity index (χ0) is 13.1. The Morgan fingerprint density at radius 3 is 2.72 bits per heavy atom. The summed E-state index contributed by atoms with van der Waals surface area (Å²) < 4.78 is 0. The molecule has 0 spiro atoms. The molecule has 0 atom stereocenters. The van der Waals surface area contributed by atoms with Crippen molar-refractivity contribution in [2.45, 2.75) is 20.4 Å². The van der Waals surface area contributed by atoms with E-state index in [1.165, 1.54) is 6.07 Å². The average Bonchev–Trinajstić information content (AvgIpc) is 2.72. The molecular formula is C11H12N4O2S. The minimum atomic E-state index is -0.434. The molecule has 7 heteroatoms. The fourth-order valence-corrected chi connectivity index (χ4v) is 2.21. The Kier molecular flexibility index (Phi) is 3.52. The van der Waals surface area contributed by atoms with E-state index in [-0.39, 0.29) is 5.69 Å². The second-order valence-electron chi connectivity index (χ2n) is 3.79. The molecular weight excluding hydrogens is 252 g/mol. The van der Waals surface area contributed by atoms with Crippen LogP contribution in [0.25, 0.3) is 0 Å². The van der Waals surface area contributed by atoms with Crippen LogP contribution in [0.2, 0.25) is 0 Å². The van der Waals surface area contributed by atoms with Gasteiger partial charge in [0.15, 0.2) is 0 Å². The smallest absolute Gasteiger partial charge is 0.290 e. The number of nitrogens with zero attached hydrogens (tertiary/aromatic N) is 3. The van der Waals surface area contributed by atoms with Crippen molar-refractivity contribution in [1.82, 2.24) is 9.97 Å². The Balaban J connectivity index is 2.06. The lowest BCUT2D eigenvalue weighted by Gasteiger charge is -2.04. The number of hydrogen-bond acceptors (Lipinski definition) is 6. The molecule has 0 bridgehead atoms. The molecule has 0 fully saturated rings. The van der Waals surface area contributed by atoms with Crippen molar-refractivity contribution >= 4 is 22.8 Å². The molecule has 0 saturated heterocycles. The van der Waals surface area contributed by atoms with Gasteiger partial charge in [0.2, 0.25) is 0 Å². The van der Waals surface area contributed by atoms with Crippen LogP contribution < -0.4 is 5.32 Å². The summed E-state index contributed by atoms with van der Waals surface area (Å²) in [5, 5.41) is 16.7. The van der Waals surface area contributed by atoms with Gasteiger partial charge in [-0.25, -0.2) is 9.97 Å². The topological polar surface area (TPSA) is 81.0 Å². The predicted molar refractivity (Wildman–Crippen MR) is 69.8 cm³/mol. The van der Waals surface area contributed by atoms with Gasteiger partial charge in [0.05, 0.1) is 11.5 Å². The maximum absolute atomic E-state index is 10.7. The van der Waals surface area contributed by atoms with Crippen LogP contribution in [0.4, 0.5) is 11.5 Å². The maximum Gasteiger partial charge on any atom is 0.290 e. The third-order valence-corrected chi connectivity index (χ3v) is 3.31. The van der Waals surface area contributed by atoms with E-state index in [1.54, 1.807) is 24.3 Å². The van der Waals surface area contributed by atoms with Crippen molar-refractivity contribution in [2.24, 2.45) is 0 Å². The van der Waals surface area contributed by atoms with Crippen molar-refractivity contribution in [3.63, 3.8) is 0 Å². The van der Waals surface area contributed by atoms with Gasteiger partial charge in [-0.15, -0.1) is 11.3 Å². The normalized spacial score (nSPS) is 10.3. The van der Waals surface area contributed by atoms with Crippen LogP contribution >= 0.6 is 11.3 Å². The fraction of sp³-hybridized carbons (Fsp3) is 0.273. The number of aromatic nitrogens is 2. The average molecular weight is 264 g/mol. The summed E-state index contributed by atoms with van der Waals surface area (Å²) in [5.41, 5.74) is 1.43. The second kappa shape index (κ2) is 5.09. The monoisotopic (exact) mass is 264 g/mol. The molecule has 18 heavy (non-hydrogen) atoms. The third-order valence-electron chi connectivity index (χ3n) is 2.34. The summed E-state index contributed by atoms with van der Waals surface area (Å²) in [6, 6.07) is 3.06. The minimum Gasteiger partial charge on any atom is -0.364 e. The quantitative estimate of drug-likeness (QED) is 0.678. The van der Waals surface area contributed by atoms with E-state index in [9.17, 15) is 10.1 Å². The lowest BCUT2D eigenvalue weighted by Crippen LogP contribution is -2.03. The highest BCUT2D eigenvalue weighted by Gasteiger charge is 2.11. The number of hydrogen-bond donors (Lipinski definition) is 1. The Bertz CT molecular complexity index is 582. The molecule has 2 rings (SSSR count). The van der Waals surface area contributed by atoms with Crippen molar-refractivity contribution in [1.29, 1.82) is 0 Å². The summed E-state index contributed by atoms with van der Waals surface area (Å²) in [6.45, 7) is 4.13. The van der Waals surface area contributed by atoms with E-state index < -0.39 is 4.92 Å². The van der Waals surface area contributed by atoms with Crippen LogP contribution in [0.3, 0.4) is 0 Å². The van der Waals surface area contributed by atoms with Crippen LogP contribution in [0, 0.1) is 24.0 Å². The van der Waals surface area contributed by atoms with Crippen molar-refractivity contribution < 1.29 is 4.92 Å². The number of rotatable bonds is 4. The highest BCUT2D eigenvalue weighted by Crippen LogP contribution is 2.18. The Labute approximate surface area is 108 Å². The molecule has 0 unspecified atom stereocenters. The van der Waals surface area contributed by atoms with Gasteiger partial charge in [-0.1, -0.05) is 0 Å². The summed E-state index contributed by atoms with van der Waals surface area (Å²) in [7, 11) is 0. The second-order valence-corrected chi connectivity index (χ2v) is 4.74. The van der Waals surface area contributed by atoms with Crippen molar-refractivity contribution in [3.05, 3.63) is 44.0 Å². The predicted octanol–water partition coefficient (Wildman–Crippen LogP) is 2.68. The zero-order valence-electron chi connectivity index (χ0n) is 10.0. The minimum absolute atomic E-state index is 0.0330. The van der Waals surface area contributed by atoms with Crippen molar-refractivity contribution in [2.75, 3.05) is 5.32 Å². The number of anilines is 1. The van der Waals surface area contributed by atoms with Gasteiger partial charge in [0, 0.05) is 17.1 Å². The molecule has 2 aromatic heterocycles. The highest BCUT2D eigenvalue weighted by molar-refractivity contribution is 7.09. The summed E-state index contributed by atoms with van der Waals surface area (Å²) in [4.78, 5) is 18.7. The zero-order valence-corrected chi connectivity index (χ0v) is 10.8. The molecule has 0 aliphatic heterocycles. The van der Waals surface area contributed by atoms with Crippen LogP contribution in [0.15, 0.2) is 17.5 Å². The number of aryl methyl sites for hydroxylation is 2. The number of thiazole rings is 1. The van der Waals surface area contributed by atoms with Crippen LogP contribution in [-0.2, 0) is 6.54 Å². The van der Waals surface area contributed by atoms with Crippen LogP contribution in [0.5, 0.6) is 0 Å². The molecule has 0 saturated carbocycles. The van der Waals surface area contributed by atoms with Gasteiger partial charge in [-0.2, -0.15) is 0 Å². The maximum atomic E-state index is 10.7. The summed E-state index contributed by atoms with van der Waals surface area (Å²) >= 11 is 1.57. The molecule has 6 nitrogen and oxygen atoms in total. The summed E-state index contributed by atoms with van der Waals surface area (Å²) in [5.74, 6) is 0.617. The van der Waals surface area contributed by atoms with E-state index >= 15 is 0 Å². The first-order valence-corrected chi connectivity index (χ1v) is 6.21. The van der Waals surface area contributed by atoms with Gasteiger partial charge in [-0.3, -0.25) is 10.1 Å². The molecule has 94 valence electrons. The third kappa shape index (κ3) is 2.80. The number of nitrogens with one attached hydrogen (secondary N) is 1. The molecule has 1 N–H and O–H groups in total. The van der Waals surface area contributed by atoms with E-state index in [0.717, 1.165) is 10.7 Å². The van der Waals surface area contributed by atoms with Crippen LogP contribution in [0.1, 0.15) is 16.4 Å². The first-order chi connectivity index (χ1) is 8.56. The fourth-order valence-electron chi connectivity index (χ4n) is 1.50. The molecule has 0 radical (unpaired) electrons. The molecule has 0 aliphatic rings. The largest absolute Gasteiger partial charge is 0.364 e. The van der Waals surface area contributed by atoms with Gasteiger partial charge >= 0.3 is 0 Å². The summed E-state index contributed by atoms with van der Waals surface area (Å²) in [6.07, 6.45) is 0. The SMILES string of the molecule is Cc1csc(CNc2ccc([N+](=O)[O-])c(C)n2)n1. The van der Waals surface area contributed by atoms with E-state index in [1.807, 2.05) is 12.3 Å². The number of nitro groups is 1. The van der Waals surface area contributed by atoms with Gasteiger partial charge in [0.25, 0.3) is 5.69 Å². The lowest BCUT2D eigenvalue weighted by atomic mass is 10.3. The first-order valence-electron chi connectivity index (χ1n) is 5.33. The van der Waals surface area contributed by atoms with Gasteiger partial charge in [0.1, 0.15) is 16.5 Å². The molecule has 2 aromatic rings. The van der Waals surface area contributed by atoms with Crippen LogP contribution in [-0.4, -0.2) is 14.9 Å². The van der Waals surface area contributed by atoms with Gasteiger partial charge < -0.3 is 5.32 Å². The Morgan fingerprint density at radius 1 is 1.39 bits per heavy atom. The van der Waals surface area contributed by atoms with E-state index in [2.05, 4.69) is 15.3 Å². The Hall–Kier alpha value is -2.02. The molecule has 0 aromatic carbocycles. The van der Waals surface area contributed by atoms with Gasteiger partial charge in [-0.05, 0) is 19.9 Å². The number of pyridine rings is 1. The molecule has 0 amide bonds. The van der Waals surface area contributed by atoms with Crippen molar-refractivity contribution in [3.8, 4) is 0 Å². The van der Waals surface area contributed by atoms with E-state index in [0.29, 0.717) is 18.1 Å².